The number of halogens is 2. The number of hydrogen-bond acceptors (Lipinski definition) is 2. The lowest BCUT2D eigenvalue weighted by Gasteiger charge is -2.20. The van der Waals surface area contributed by atoms with Crippen LogP contribution in [0.25, 0.3) is 0 Å². The first-order valence-corrected chi connectivity index (χ1v) is 7.04. The molecule has 1 aromatic carbocycles. The molecule has 0 aliphatic heterocycles. The van der Waals surface area contributed by atoms with E-state index in [2.05, 4.69) is 12.2 Å². The fourth-order valence-corrected chi connectivity index (χ4v) is 2.61. The maximum absolute atomic E-state index is 13.2. The molecule has 0 fully saturated rings. The van der Waals surface area contributed by atoms with Crippen LogP contribution in [0.2, 0.25) is 5.02 Å². The third-order valence-electron chi connectivity index (χ3n) is 3.49. The Kier molecular flexibility index (Phi) is 4.51. The first-order chi connectivity index (χ1) is 9.38. The summed E-state index contributed by atoms with van der Waals surface area (Å²) in [6.07, 6.45) is 0. The molecule has 0 amide bonds. The van der Waals surface area contributed by atoms with Crippen LogP contribution in [0.3, 0.4) is 0 Å². The monoisotopic (exact) mass is 295 g/mol. The zero-order chi connectivity index (χ0) is 14.9. The lowest BCUT2D eigenvalue weighted by atomic mass is 10.0. The van der Waals surface area contributed by atoms with Gasteiger partial charge in [0.15, 0.2) is 0 Å². The second-order valence-corrected chi connectivity index (χ2v) is 5.56. The molecule has 0 aliphatic carbocycles. The number of nitrogens with one attached hydrogen (secondary N) is 1. The fraction of sp³-hybridized carbons (Fsp3) is 0.375. The van der Waals surface area contributed by atoms with Gasteiger partial charge in [-0.05, 0) is 51.5 Å². The molecule has 2 rings (SSSR count). The Morgan fingerprint density at radius 2 is 1.85 bits per heavy atom. The minimum Gasteiger partial charge on any atom is -0.466 e. The third kappa shape index (κ3) is 3.22. The van der Waals surface area contributed by atoms with Crippen LogP contribution in [0, 0.1) is 19.7 Å². The van der Waals surface area contributed by atoms with Gasteiger partial charge in [-0.1, -0.05) is 17.7 Å². The Morgan fingerprint density at radius 1 is 1.15 bits per heavy atom. The summed E-state index contributed by atoms with van der Waals surface area (Å²) in [7, 11) is 0. The number of furan rings is 1. The van der Waals surface area contributed by atoms with Crippen LogP contribution in [0.5, 0.6) is 0 Å². The molecule has 2 atom stereocenters. The van der Waals surface area contributed by atoms with Gasteiger partial charge in [-0.25, -0.2) is 4.39 Å². The lowest BCUT2D eigenvalue weighted by Crippen LogP contribution is -2.22. The number of aryl methyl sites for hydroxylation is 2. The average molecular weight is 296 g/mol. The molecule has 0 saturated carbocycles. The molecule has 0 radical (unpaired) electrons. The van der Waals surface area contributed by atoms with E-state index in [0.717, 1.165) is 22.6 Å². The molecule has 0 saturated heterocycles. The molecule has 0 aliphatic rings. The van der Waals surface area contributed by atoms with Crippen LogP contribution < -0.4 is 5.32 Å². The van der Waals surface area contributed by atoms with Crippen molar-refractivity contribution in [3.63, 3.8) is 0 Å². The zero-order valence-corrected chi connectivity index (χ0v) is 12.9. The number of benzene rings is 1. The Labute approximate surface area is 123 Å². The average Bonchev–Trinajstić information content (AvgIpc) is 2.71. The van der Waals surface area contributed by atoms with Crippen molar-refractivity contribution in [1.29, 1.82) is 0 Å². The largest absolute Gasteiger partial charge is 0.466 e. The molecule has 4 heteroatoms. The van der Waals surface area contributed by atoms with Crippen molar-refractivity contribution in [2.24, 2.45) is 0 Å². The van der Waals surface area contributed by atoms with E-state index in [4.69, 9.17) is 16.0 Å². The van der Waals surface area contributed by atoms with E-state index in [1.165, 1.54) is 6.07 Å². The quantitative estimate of drug-likeness (QED) is 0.849. The summed E-state index contributed by atoms with van der Waals surface area (Å²) in [6.45, 7) is 8.01. The molecular formula is C16H19ClFNO. The molecule has 2 nitrogen and oxygen atoms in total. The highest BCUT2D eigenvalue weighted by atomic mass is 35.5. The third-order valence-corrected chi connectivity index (χ3v) is 3.78. The highest BCUT2D eigenvalue weighted by Crippen LogP contribution is 2.26. The van der Waals surface area contributed by atoms with Crippen LogP contribution in [0.15, 0.2) is 28.7 Å². The van der Waals surface area contributed by atoms with Crippen molar-refractivity contribution >= 4 is 11.6 Å². The molecule has 0 bridgehead atoms. The predicted octanol–water partition coefficient (Wildman–Crippen LogP) is 5.10. The molecule has 0 spiro atoms. The Bertz CT molecular complexity index is 609. The summed E-state index contributed by atoms with van der Waals surface area (Å²) >= 11 is 5.82. The van der Waals surface area contributed by atoms with Gasteiger partial charge in [0.2, 0.25) is 0 Å². The van der Waals surface area contributed by atoms with E-state index in [-0.39, 0.29) is 17.1 Å². The van der Waals surface area contributed by atoms with Crippen LogP contribution in [0.4, 0.5) is 4.39 Å². The molecule has 1 aromatic heterocycles. The van der Waals surface area contributed by atoms with Crippen LogP contribution in [-0.2, 0) is 0 Å². The molecule has 1 N–H and O–H groups in total. The molecule has 1 heterocycles. The molecular weight excluding hydrogens is 277 g/mol. The Morgan fingerprint density at radius 3 is 2.40 bits per heavy atom. The summed E-state index contributed by atoms with van der Waals surface area (Å²) < 4.78 is 18.7. The number of hydrogen-bond donors (Lipinski definition) is 1. The van der Waals surface area contributed by atoms with Crippen molar-refractivity contribution < 1.29 is 8.81 Å². The van der Waals surface area contributed by atoms with Crippen molar-refractivity contribution in [1.82, 2.24) is 5.32 Å². The van der Waals surface area contributed by atoms with E-state index in [1.54, 1.807) is 12.1 Å². The van der Waals surface area contributed by atoms with Crippen molar-refractivity contribution in [3.8, 4) is 0 Å². The first kappa shape index (κ1) is 15.1. The molecule has 2 aromatic rings. The van der Waals surface area contributed by atoms with E-state index in [9.17, 15) is 4.39 Å². The van der Waals surface area contributed by atoms with Crippen LogP contribution >= 0.6 is 11.6 Å². The number of rotatable bonds is 4. The van der Waals surface area contributed by atoms with Gasteiger partial charge in [0.25, 0.3) is 0 Å². The minimum absolute atomic E-state index is 0.0673. The molecule has 2 unspecified atom stereocenters. The minimum atomic E-state index is -0.392. The maximum atomic E-state index is 13.2. The second-order valence-electron chi connectivity index (χ2n) is 5.15. The SMILES string of the molecule is Cc1cc(C(C)NC(C)c2ccc(F)c(Cl)c2)c(C)o1. The van der Waals surface area contributed by atoms with E-state index >= 15 is 0 Å². The summed E-state index contributed by atoms with van der Waals surface area (Å²) in [5.41, 5.74) is 2.10. The second kappa shape index (κ2) is 5.98. The van der Waals surface area contributed by atoms with Crippen LogP contribution in [-0.4, -0.2) is 0 Å². The fourth-order valence-electron chi connectivity index (χ4n) is 2.42. The first-order valence-electron chi connectivity index (χ1n) is 6.66. The summed E-state index contributed by atoms with van der Waals surface area (Å²) in [4.78, 5) is 0. The van der Waals surface area contributed by atoms with E-state index in [1.807, 2.05) is 26.8 Å². The smallest absolute Gasteiger partial charge is 0.141 e. The van der Waals surface area contributed by atoms with Crippen molar-refractivity contribution in [3.05, 3.63) is 57.8 Å². The molecule has 20 heavy (non-hydrogen) atoms. The maximum Gasteiger partial charge on any atom is 0.141 e. The van der Waals surface area contributed by atoms with Gasteiger partial charge in [-0.2, -0.15) is 0 Å². The topological polar surface area (TPSA) is 25.2 Å². The van der Waals surface area contributed by atoms with E-state index in [0.29, 0.717) is 0 Å². The van der Waals surface area contributed by atoms with Gasteiger partial charge in [0, 0.05) is 17.6 Å². The van der Waals surface area contributed by atoms with Gasteiger partial charge < -0.3 is 9.73 Å². The van der Waals surface area contributed by atoms with Crippen molar-refractivity contribution in [2.75, 3.05) is 0 Å². The summed E-state index contributed by atoms with van der Waals surface area (Å²) in [5, 5.41) is 3.62. The highest BCUT2D eigenvalue weighted by Gasteiger charge is 2.16. The van der Waals surface area contributed by atoms with Gasteiger partial charge in [-0.3, -0.25) is 0 Å². The Hall–Kier alpha value is -1.32. The molecule has 108 valence electrons. The van der Waals surface area contributed by atoms with E-state index < -0.39 is 5.82 Å². The van der Waals surface area contributed by atoms with Gasteiger partial charge in [0.1, 0.15) is 17.3 Å². The normalized spacial score (nSPS) is 14.3. The van der Waals surface area contributed by atoms with Crippen molar-refractivity contribution in [2.45, 2.75) is 39.8 Å². The zero-order valence-electron chi connectivity index (χ0n) is 12.1. The van der Waals surface area contributed by atoms with Gasteiger partial charge in [-0.15, -0.1) is 0 Å². The standard InChI is InChI=1S/C16H19ClFNO/c1-9-7-14(12(4)20-9)11(3)19-10(2)13-5-6-16(18)15(17)8-13/h5-8,10-11,19H,1-4H3. The highest BCUT2D eigenvalue weighted by molar-refractivity contribution is 6.30. The Balaban J connectivity index is 2.12. The summed E-state index contributed by atoms with van der Waals surface area (Å²) in [6, 6.07) is 7.06. The van der Waals surface area contributed by atoms with Crippen LogP contribution in [0.1, 0.15) is 48.6 Å². The predicted molar refractivity (Wildman–Crippen MR) is 79.6 cm³/mol. The van der Waals surface area contributed by atoms with Gasteiger partial charge in [0.05, 0.1) is 5.02 Å². The van der Waals surface area contributed by atoms with Gasteiger partial charge >= 0.3 is 0 Å². The summed E-state index contributed by atoms with van der Waals surface area (Å²) in [5.74, 6) is 1.44. The lowest BCUT2D eigenvalue weighted by molar-refractivity contribution is 0.468.